The van der Waals surface area contributed by atoms with Gasteiger partial charge in [0, 0.05) is 6.10 Å². The van der Waals surface area contributed by atoms with Crippen molar-refractivity contribution < 1.29 is 13.4 Å². The van der Waals surface area contributed by atoms with Crippen molar-refractivity contribution in [3.63, 3.8) is 0 Å². The minimum absolute atomic E-state index is 0.0440. The van der Waals surface area contributed by atoms with Crippen molar-refractivity contribution >= 4 is 23.6 Å². The highest BCUT2D eigenvalue weighted by atomic mass is 79.9. The maximum absolute atomic E-state index is 8.84. The minimum Gasteiger partial charge on any atom is -0.401 e. The zero-order valence-electron chi connectivity index (χ0n) is 6.92. The third kappa shape index (κ3) is 6.81. The van der Waals surface area contributed by atoms with E-state index in [0.29, 0.717) is 0 Å². The van der Waals surface area contributed by atoms with Gasteiger partial charge in [0.15, 0.2) is 0 Å². The maximum atomic E-state index is 8.84. The monoisotopic (exact) mass is 224 g/mol. The van der Waals surface area contributed by atoms with E-state index in [1.807, 2.05) is 6.92 Å². The first kappa shape index (κ1) is 11.4. The van der Waals surface area contributed by atoms with Gasteiger partial charge in [-0.25, -0.2) is 0 Å². The molecule has 3 nitrogen and oxygen atoms in total. The van der Waals surface area contributed by atoms with Crippen LogP contribution in [0.3, 0.4) is 0 Å². The summed E-state index contributed by atoms with van der Waals surface area (Å²) >= 11 is 2.64. The van der Waals surface area contributed by atoms with E-state index < -0.39 is 7.32 Å². The molecule has 0 aromatic heterocycles. The Bertz CT molecular complexity index is 93.9. The summed E-state index contributed by atoms with van der Waals surface area (Å²) in [5.41, 5.74) is 0. The fourth-order valence-electron chi connectivity index (χ4n) is 0.779. The molecule has 1 N–H and O–H groups in total. The van der Waals surface area contributed by atoms with Crippen LogP contribution < -0.4 is 0 Å². The predicted octanol–water partition coefficient (Wildman–Crippen LogP) is 1.89. The van der Waals surface area contributed by atoms with E-state index in [9.17, 15) is 0 Å². The molecule has 0 fully saturated rings. The van der Waals surface area contributed by atoms with E-state index in [2.05, 4.69) is 26.9 Å². The van der Waals surface area contributed by atoms with Crippen LogP contribution in [-0.2, 0) is 8.40 Å². The number of hydrogen-bond donors (Lipinski definition) is 1. The Morgan fingerprint density at radius 2 is 2.27 bits per heavy atom. The van der Waals surface area contributed by atoms with Gasteiger partial charge in [0.25, 0.3) is 0 Å². The lowest BCUT2D eigenvalue weighted by atomic mass is 10.1. The molecule has 1 atom stereocenters. The van der Waals surface area contributed by atoms with E-state index in [4.69, 9.17) is 9.68 Å². The number of hydrogen-bond acceptors (Lipinski definition) is 3. The second-order valence-electron chi connectivity index (χ2n) is 2.49. The van der Waals surface area contributed by atoms with Gasteiger partial charge in [-0.2, -0.15) is 0 Å². The van der Waals surface area contributed by atoms with Crippen LogP contribution in [0.4, 0.5) is 0 Å². The van der Waals surface area contributed by atoms with Crippen LogP contribution in [0.15, 0.2) is 0 Å². The van der Waals surface area contributed by atoms with Crippen LogP contribution in [0.5, 0.6) is 0 Å². The molecule has 0 rings (SSSR count). The van der Waals surface area contributed by atoms with Gasteiger partial charge in [-0.3, -0.25) is 0 Å². The molecule has 1 unspecified atom stereocenters. The van der Waals surface area contributed by atoms with Crippen molar-refractivity contribution in [1.82, 2.24) is 0 Å². The minimum atomic E-state index is -1.15. The predicted molar refractivity (Wildman–Crippen MR) is 48.1 cm³/mol. The number of halogens is 1. The highest BCUT2D eigenvalue weighted by Gasteiger charge is 2.17. The lowest BCUT2D eigenvalue weighted by Crippen LogP contribution is -2.24. The van der Waals surface area contributed by atoms with E-state index in [0.717, 1.165) is 19.3 Å². The normalized spacial score (nSPS) is 13.1. The highest BCUT2D eigenvalue weighted by Crippen LogP contribution is 2.05. The molecule has 0 aromatic rings. The van der Waals surface area contributed by atoms with Crippen LogP contribution in [-0.4, -0.2) is 18.4 Å². The molecule has 0 aliphatic rings. The molecule has 0 radical (unpaired) electrons. The second-order valence-corrected chi connectivity index (χ2v) is 2.86. The van der Waals surface area contributed by atoms with Gasteiger partial charge >= 0.3 is 7.32 Å². The molecule has 0 saturated heterocycles. The molecule has 0 bridgehead atoms. The van der Waals surface area contributed by atoms with E-state index in [1.54, 1.807) is 0 Å². The van der Waals surface area contributed by atoms with Gasteiger partial charge in [0.05, 0.1) is 16.3 Å². The lowest BCUT2D eigenvalue weighted by Gasteiger charge is -2.12. The summed E-state index contributed by atoms with van der Waals surface area (Å²) in [4.78, 5) is 0. The van der Waals surface area contributed by atoms with Crippen LogP contribution in [0.1, 0.15) is 33.1 Å². The Morgan fingerprint density at radius 1 is 1.64 bits per heavy atom. The summed E-state index contributed by atoms with van der Waals surface area (Å²) in [5, 5.41) is 8.84. The first-order valence-electron chi connectivity index (χ1n) is 3.81. The average Bonchev–Trinajstić information content (AvgIpc) is 2.00. The Balaban J connectivity index is 3.27. The summed E-state index contributed by atoms with van der Waals surface area (Å²) in [5.74, 6) is 0. The van der Waals surface area contributed by atoms with Crippen LogP contribution in [0.2, 0.25) is 0 Å². The molecule has 0 heterocycles. The average molecular weight is 225 g/mol. The standard InChI is InChI=1S/C6H14BBrO3/c1-3-4-5-6(2)10-7(9)11-8/h6,9H,3-5H2,1-2H3. The molecule has 0 aliphatic carbocycles. The van der Waals surface area contributed by atoms with Gasteiger partial charge in [-0.1, -0.05) is 19.8 Å². The summed E-state index contributed by atoms with van der Waals surface area (Å²) in [7, 11) is -1.15. The Kier molecular flexibility index (Phi) is 7.37. The van der Waals surface area contributed by atoms with E-state index >= 15 is 0 Å². The molecule has 0 amide bonds. The quantitative estimate of drug-likeness (QED) is 0.701. The maximum Gasteiger partial charge on any atom is 0.648 e. The molecule has 0 aromatic carbocycles. The molecular formula is C6H14BBrO3. The zero-order chi connectivity index (χ0) is 8.69. The Hall–Kier alpha value is 0.425. The van der Waals surface area contributed by atoms with Gasteiger partial charge in [0.1, 0.15) is 0 Å². The second kappa shape index (κ2) is 7.09. The zero-order valence-corrected chi connectivity index (χ0v) is 8.50. The van der Waals surface area contributed by atoms with Gasteiger partial charge in [0.2, 0.25) is 0 Å². The number of unbranched alkanes of at least 4 members (excludes halogenated alkanes) is 1. The van der Waals surface area contributed by atoms with E-state index in [1.165, 1.54) is 0 Å². The molecule has 66 valence electrons. The third-order valence-corrected chi connectivity index (χ3v) is 1.71. The lowest BCUT2D eigenvalue weighted by molar-refractivity contribution is 0.136. The summed E-state index contributed by atoms with van der Waals surface area (Å²) in [6, 6.07) is 0. The molecule has 0 spiro atoms. The fraction of sp³-hybridized carbons (Fsp3) is 1.00. The molecular weight excluding hydrogens is 211 g/mol. The first-order chi connectivity index (χ1) is 5.20. The van der Waals surface area contributed by atoms with Crippen molar-refractivity contribution in [1.29, 1.82) is 0 Å². The van der Waals surface area contributed by atoms with Crippen molar-refractivity contribution in [2.75, 3.05) is 0 Å². The first-order valence-corrected chi connectivity index (χ1v) is 4.46. The van der Waals surface area contributed by atoms with Gasteiger partial charge in [-0.05, 0) is 13.3 Å². The topological polar surface area (TPSA) is 38.7 Å². The molecule has 0 aliphatic heterocycles. The third-order valence-electron chi connectivity index (χ3n) is 1.39. The van der Waals surface area contributed by atoms with Crippen molar-refractivity contribution in [3.05, 3.63) is 0 Å². The number of rotatable bonds is 6. The smallest absolute Gasteiger partial charge is 0.401 e. The SMILES string of the molecule is CCCCC(C)OB(O)OBr. The van der Waals surface area contributed by atoms with Crippen molar-refractivity contribution in [3.8, 4) is 0 Å². The Labute approximate surface area is 76.7 Å². The highest BCUT2D eigenvalue weighted by molar-refractivity contribution is 9.06. The van der Waals surface area contributed by atoms with Gasteiger partial charge in [-0.15, -0.1) is 0 Å². The van der Waals surface area contributed by atoms with Crippen LogP contribution in [0.25, 0.3) is 0 Å². The van der Waals surface area contributed by atoms with Crippen LogP contribution >= 0.6 is 16.3 Å². The summed E-state index contributed by atoms with van der Waals surface area (Å²) in [6.45, 7) is 4.02. The van der Waals surface area contributed by atoms with Crippen LogP contribution in [0, 0.1) is 0 Å². The van der Waals surface area contributed by atoms with Crippen molar-refractivity contribution in [2.24, 2.45) is 0 Å². The fourth-order valence-corrected chi connectivity index (χ4v) is 0.867. The largest absolute Gasteiger partial charge is 0.648 e. The molecule has 5 heteroatoms. The van der Waals surface area contributed by atoms with Gasteiger partial charge < -0.3 is 13.4 Å². The summed E-state index contributed by atoms with van der Waals surface area (Å²) in [6.07, 6.45) is 3.24. The van der Waals surface area contributed by atoms with Crippen molar-refractivity contribution in [2.45, 2.75) is 39.2 Å². The molecule has 11 heavy (non-hydrogen) atoms. The summed E-state index contributed by atoms with van der Waals surface area (Å²) < 4.78 is 9.33. The Morgan fingerprint density at radius 3 is 2.73 bits per heavy atom. The van der Waals surface area contributed by atoms with E-state index in [-0.39, 0.29) is 6.10 Å². The molecule has 0 saturated carbocycles.